The number of imidazole rings is 1. The largest absolute Gasteiger partial charge is 0.489 e. The van der Waals surface area contributed by atoms with Crippen molar-refractivity contribution in [3.63, 3.8) is 0 Å². The van der Waals surface area contributed by atoms with Crippen LogP contribution in [0.5, 0.6) is 11.5 Å². The van der Waals surface area contributed by atoms with E-state index in [1.165, 1.54) is 5.39 Å². The van der Waals surface area contributed by atoms with Gasteiger partial charge in [-0.25, -0.2) is 4.98 Å². The number of hydrogen-bond acceptors (Lipinski definition) is 4. The fraction of sp³-hybridized carbons (Fsp3) is 0.188. The Morgan fingerprint density at radius 2 is 1.73 bits per heavy atom. The standard InChI is InChI=1S/C32H28N2O3/c35-29-12-6-11-26-27(29)15-16-30(28(26)21-36-25-14-13-22-7-4-5-10-24(22)19-25)37-31(20-32-33-17-18-34-32)23-8-2-1-3-9-23/h1-5,7-10,13-19,31H,6,11-12,20-21H2,(H,33,34)/t31-/m0/s1. The molecule has 0 spiro atoms. The molecular weight excluding hydrogens is 460 g/mol. The normalized spacial score (nSPS) is 13.8. The molecule has 0 amide bonds. The van der Waals surface area contributed by atoms with Crippen molar-refractivity contribution in [1.29, 1.82) is 0 Å². The number of aromatic nitrogens is 2. The number of ether oxygens (including phenoxy) is 2. The first-order chi connectivity index (χ1) is 18.2. The van der Waals surface area contributed by atoms with Crippen LogP contribution in [0.25, 0.3) is 10.8 Å². The summed E-state index contributed by atoms with van der Waals surface area (Å²) in [4.78, 5) is 20.3. The van der Waals surface area contributed by atoms with Crippen LogP contribution in [0, 0.1) is 0 Å². The molecule has 5 aromatic rings. The van der Waals surface area contributed by atoms with E-state index in [2.05, 4.69) is 46.4 Å². The van der Waals surface area contributed by atoms with E-state index in [0.717, 1.165) is 57.8 Å². The van der Waals surface area contributed by atoms with Gasteiger partial charge in [0.05, 0.1) is 0 Å². The maximum Gasteiger partial charge on any atom is 0.163 e. The first-order valence-electron chi connectivity index (χ1n) is 12.7. The van der Waals surface area contributed by atoms with Gasteiger partial charge >= 0.3 is 0 Å². The lowest BCUT2D eigenvalue weighted by atomic mass is 9.87. The average molecular weight is 489 g/mol. The minimum atomic E-state index is -0.246. The zero-order chi connectivity index (χ0) is 25.0. The molecule has 0 saturated carbocycles. The van der Waals surface area contributed by atoms with Crippen LogP contribution in [0.4, 0.5) is 0 Å². The number of ketones is 1. The van der Waals surface area contributed by atoms with Crippen LogP contribution in [0.1, 0.15) is 51.8 Å². The van der Waals surface area contributed by atoms with Gasteiger partial charge in [-0.05, 0) is 59.0 Å². The summed E-state index contributed by atoms with van der Waals surface area (Å²) in [5.74, 6) is 2.58. The van der Waals surface area contributed by atoms with Crippen molar-refractivity contribution >= 4 is 16.6 Å². The number of carbonyl (C=O) groups is 1. The van der Waals surface area contributed by atoms with E-state index in [0.29, 0.717) is 19.4 Å². The Morgan fingerprint density at radius 3 is 2.57 bits per heavy atom. The number of benzene rings is 4. The highest BCUT2D eigenvalue weighted by atomic mass is 16.5. The fourth-order valence-electron chi connectivity index (χ4n) is 5.09. The second-order valence-corrected chi connectivity index (χ2v) is 9.40. The highest BCUT2D eigenvalue weighted by Crippen LogP contribution is 2.35. The Balaban J connectivity index is 1.35. The smallest absolute Gasteiger partial charge is 0.163 e. The number of Topliss-reactive ketones (excluding diaryl/α,β-unsaturated/α-hetero) is 1. The molecule has 1 heterocycles. The number of carbonyl (C=O) groups excluding carboxylic acids is 1. The van der Waals surface area contributed by atoms with Gasteiger partial charge in [-0.1, -0.05) is 60.7 Å². The van der Waals surface area contributed by atoms with Crippen LogP contribution in [0.2, 0.25) is 0 Å². The van der Waals surface area contributed by atoms with Crippen LogP contribution in [0.15, 0.2) is 97.3 Å². The summed E-state index contributed by atoms with van der Waals surface area (Å²) in [6, 6.07) is 28.4. The monoisotopic (exact) mass is 488 g/mol. The fourth-order valence-corrected chi connectivity index (χ4v) is 5.09. The summed E-state index contributed by atoms with van der Waals surface area (Å²) >= 11 is 0. The molecule has 5 nitrogen and oxygen atoms in total. The predicted octanol–water partition coefficient (Wildman–Crippen LogP) is 7.02. The third-order valence-electron chi connectivity index (χ3n) is 7.00. The molecule has 1 aromatic heterocycles. The van der Waals surface area contributed by atoms with Crippen LogP contribution >= 0.6 is 0 Å². The minimum Gasteiger partial charge on any atom is -0.489 e. The van der Waals surface area contributed by atoms with E-state index in [1.807, 2.05) is 54.7 Å². The number of fused-ring (bicyclic) bond motifs is 2. The van der Waals surface area contributed by atoms with Crippen LogP contribution < -0.4 is 9.47 Å². The molecule has 37 heavy (non-hydrogen) atoms. The Labute approximate surface area is 216 Å². The van der Waals surface area contributed by atoms with Crippen LogP contribution in [-0.2, 0) is 19.4 Å². The van der Waals surface area contributed by atoms with Gasteiger partial charge in [0.25, 0.3) is 0 Å². The lowest BCUT2D eigenvalue weighted by molar-refractivity contribution is 0.0971. The topological polar surface area (TPSA) is 64.2 Å². The molecule has 1 N–H and O–H groups in total. The number of nitrogens with one attached hydrogen (secondary N) is 1. The molecule has 0 fully saturated rings. The van der Waals surface area contributed by atoms with E-state index in [1.54, 1.807) is 6.20 Å². The second-order valence-electron chi connectivity index (χ2n) is 9.40. The maximum absolute atomic E-state index is 12.7. The molecule has 0 bridgehead atoms. The molecule has 0 radical (unpaired) electrons. The van der Waals surface area contributed by atoms with Gasteiger partial charge in [-0.3, -0.25) is 4.79 Å². The SMILES string of the molecule is O=C1CCCc2c1ccc(O[C@@H](Cc1ncc[nH]1)c1ccccc1)c2COc1ccc2ccccc2c1. The van der Waals surface area contributed by atoms with Crippen molar-refractivity contribution in [3.8, 4) is 11.5 Å². The van der Waals surface area contributed by atoms with Crippen molar-refractivity contribution in [2.75, 3.05) is 0 Å². The summed E-state index contributed by atoms with van der Waals surface area (Å²) in [7, 11) is 0. The Kier molecular flexibility index (Phi) is 6.42. The number of hydrogen-bond donors (Lipinski definition) is 1. The zero-order valence-corrected chi connectivity index (χ0v) is 20.5. The number of rotatable bonds is 8. The van der Waals surface area contributed by atoms with Crippen molar-refractivity contribution in [3.05, 3.63) is 125 Å². The van der Waals surface area contributed by atoms with Crippen molar-refractivity contribution in [2.45, 2.75) is 38.4 Å². The summed E-state index contributed by atoms with van der Waals surface area (Å²) < 4.78 is 13.0. The molecular formula is C32H28N2O3. The molecule has 0 aliphatic heterocycles. The van der Waals surface area contributed by atoms with Crippen molar-refractivity contribution in [2.24, 2.45) is 0 Å². The minimum absolute atomic E-state index is 0.190. The van der Waals surface area contributed by atoms with Gasteiger partial charge in [0.2, 0.25) is 0 Å². The Hall–Kier alpha value is -4.38. The Morgan fingerprint density at radius 1 is 0.892 bits per heavy atom. The lowest BCUT2D eigenvalue weighted by Crippen LogP contribution is -2.18. The van der Waals surface area contributed by atoms with Gasteiger partial charge in [-0.2, -0.15) is 0 Å². The summed E-state index contributed by atoms with van der Waals surface area (Å²) in [6.45, 7) is 0.326. The molecule has 1 atom stereocenters. The average Bonchev–Trinajstić information content (AvgIpc) is 3.46. The van der Waals surface area contributed by atoms with Crippen LogP contribution in [0.3, 0.4) is 0 Å². The molecule has 5 heteroatoms. The highest BCUT2D eigenvalue weighted by Gasteiger charge is 2.25. The first kappa shape index (κ1) is 23.0. The molecule has 184 valence electrons. The molecule has 1 aliphatic rings. The van der Waals surface area contributed by atoms with Gasteiger partial charge in [0.15, 0.2) is 5.78 Å². The third kappa shape index (κ3) is 4.98. The maximum atomic E-state index is 12.7. The van der Waals surface area contributed by atoms with E-state index in [4.69, 9.17) is 9.47 Å². The van der Waals surface area contributed by atoms with E-state index >= 15 is 0 Å². The molecule has 1 aliphatic carbocycles. The summed E-state index contributed by atoms with van der Waals surface area (Å²) in [5, 5.41) is 2.30. The number of aromatic amines is 1. The van der Waals surface area contributed by atoms with Gasteiger partial charge in [0, 0.05) is 36.4 Å². The highest BCUT2D eigenvalue weighted by molar-refractivity contribution is 5.99. The lowest BCUT2D eigenvalue weighted by Gasteiger charge is -2.25. The van der Waals surface area contributed by atoms with Gasteiger partial charge in [0.1, 0.15) is 30.0 Å². The molecule has 4 aromatic carbocycles. The zero-order valence-electron chi connectivity index (χ0n) is 20.5. The predicted molar refractivity (Wildman–Crippen MR) is 144 cm³/mol. The van der Waals surface area contributed by atoms with Crippen LogP contribution in [-0.4, -0.2) is 15.8 Å². The Bertz CT molecular complexity index is 1530. The summed E-state index contributed by atoms with van der Waals surface area (Å²) in [5.41, 5.74) is 3.84. The van der Waals surface area contributed by atoms with E-state index in [9.17, 15) is 4.79 Å². The quantitative estimate of drug-likeness (QED) is 0.255. The van der Waals surface area contributed by atoms with E-state index in [-0.39, 0.29) is 11.9 Å². The molecule has 6 rings (SSSR count). The van der Waals surface area contributed by atoms with Crippen molar-refractivity contribution < 1.29 is 14.3 Å². The third-order valence-corrected chi connectivity index (χ3v) is 7.00. The van der Waals surface area contributed by atoms with Gasteiger partial charge in [-0.15, -0.1) is 0 Å². The molecule has 0 unspecified atom stereocenters. The number of H-pyrrole nitrogens is 1. The summed E-state index contributed by atoms with van der Waals surface area (Å²) in [6.07, 6.45) is 6.19. The first-order valence-corrected chi connectivity index (χ1v) is 12.7. The number of nitrogens with zero attached hydrogens (tertiary/aromatic N) is 1. The second kappa shape index (κ2) is 10.3. The van der Waals surface area contributed by atoms with Crippen molar-refractivity contribution in [1.82, 2.24) is 9.97 Å². The van der Waals surface area contributed by atoms with Gasteiger partial charge < -0.3 is 14.5 Å². The van der Waals surface area contributed by atoms with E-state index < -0.39 is 0 Å². The molecule has 0 saturated heterocycles.